The molecule has 0 bridgehead atoms. The molecule has 0 aliphatic carbocycles. The second kappa shape index (κ2) is 7.53. The van der Waals surface area contributed by atoms with E-state index in [-0.39, 0.29) is 0 Å². The Morgan fingerprint density at radius 3 is 2.61 bits per heavy atom. The average Bonchev–Trinajstić information content (AvgIpc) is 2.43. The summed E-state index contributed by atoms with van der Waals surface area (Å²) in [5.41, 5.74) is 0. The van der Waals surface area contributed by atoms with E-state index in [4.69, 9.17) is 0 Å². The molecule has 0 saturated carbocycles. The van der Waals surface area contributed by atoms with E-state index in [0.717, 1.165) is 18.0 Å². The Balaban J connectivity index is 1.83. The predicted molar refractivity (Wildman–Crippen MR) is 79.9 cm³/mol. The van der Waals surface area contributed by atoms with Crippen LogP contribution >= 0.6 is 0 Å². The molecule has 2 aliphatic heterocycles. The topological polar surface area (TPSA) is 3.24 Å². The fourth-order valence-electron chi connectivity index (χ4n) is 4.30. The van der Waals surface area contributed by atoms with Gasteiger partial charge in [0.05, 0.1) is 0 Å². The Labute approximate surface area is 114 Å². The van der Waals surface area contributed by atoms with Gasteiger partial charge in [-0.25, -0.2) is 0 Å². The van der Waals surface area contributed by atoms with Crippen LogP contribution in [0.1, 0.15) is 84.5 Å². The zero-order chi connectivity index (χ0) is 12.8. The van der Waals surface area contributed by atoms with Crippen LogP contribution < -0.4 is 0 Å². The minimum absolute atomic E-state index is 0.940. The highest BCUT2D eigenvalue weighted by atomic mass is 15.2. The van der Waals surface area contributed by atoms with Gasteiger partial charge in [0, 0.05) is 12.1 Å². The molecule has 2 saturated heterocycles. The summed E-state index contributed by atoms with van der Waals surface area (Å²) >= 11 is 0. The van der Waals surface area contributed by atoms with Crippen LogP contribution in [0.15, 0.2) is 0 Å². The van der Waals surface area contributed by atoms with Gasteiger partial charge in [0.2, 0.25) is 0 Å². The maximum Gasteiger partial charge on any atom is 0.0126 e. The number of rotatable bonds is 6. The lowest BCUT2D eigenvalue weighted by Gasteiger charge is -2.49. The molecule has 2 fully saturated rings. The summed E-state index contributed by atoms with van der Waals surface area (Å²) in [5, 5.41) is 0. The zero-order valence-corrected chi connectivity index (χ0v) is 12.7. The third-order valence-electron chi connectivity index (χ3n) is 5.39. The van der Waals surface area contributed by atoms with Crippen molar-refractivity contribution in [2.75, 3.05) is 6.54 Å². The Morgan fingerprint density at radius 1 is 0.944 bits per heavy atom. The van der Waals surface area contributed by atoms with E-state index >= 15 is 0 Å². The highest BCUT2D eigenvalue weighted by molar-refractivity contribution is 4.91. The lowest BCUT2D eigenvalue weighted by atomic mass is 9.78. The molecule has 0 unspecified atom stereocenters. The molecule has 0 radical (unpaired) electrons. The molecule has 0 aromatic rings. The first kappa shape index (κ1) is 14.4. The summed E-state index contributed by atoms with van der Waals surface area (Å²) in [5.74, 6) is 1.01. The summed E-state index contributed by atoms with van der Waals surface area (Å²) in [7, 11) is 0. The SMILES string of the molecule is CCCCCC[C@@H]1CC[C@@H](CC)[C@@H]2CCCCN12. The minimum Gasteiger partial charge on any atom is -0.297 e. The second-order valence-electron chi connectivity index (χ2n) is 6.55. The van der Waals surface area contributed by atoms with Crippen LogP contribution in [0.3, 0.4) is 0 Å². The lowest BCUT2D eigenvalue weighted by molar-refractivity contribution is 0.00630. The van der Waals surface area contributed by atoms with Crippen LogP contribution in [-0.2, 0) is 0 Å². The second-order valence-corrected chi connectivity index (χ2v) is 6.55. The van der Waals surface area contributed by atoms with E-state index in [2.05, 4.69) is 18.7 Å². The molecule has 2 aliphatic rings. The zero-order valence-electron chi connectivity index (χ0n) is 12.7. The van der Waals surface area contributed by atoms with Crippen LogP contribution in [0, 0.1) is 5.92 Å². The number of unbranched alkanes of at least 4 members (excludes halogenated alkanes) is 3. The van der Waals surface area contributed by atoms with Gasteiger partial charge in [0.1, 0.15) is 0 Å². The molecule has 1 nitrogen and oxygen atoms in total. The normalized spacial score (nSPS) is 33.3. The van der Waals surface area contributed by atoms with Crippen LogP contribution in [0.5, 0.6) is 0 Å². The first-order valence-corrected chi connectivity index (χ1v) is 8.62. The minimum atomic E-state index is 0.940. The molecule has 18 heavy (non-hydrogen) atoms. The predicted octanol–water partition coefficient (Wildman–Crippen LogP) is 5.00. The summed E-state index contributed by atoms with van der Waals surface area (Å²) in [6, 6.07) is 1.89. The molecule has 2 heterocycles. The third kappa shape index (κ3) is 3.50. The summed E-state index contributed by atoms with van der Waals surface area (Å²) in [4.78, 5) is 2.92. The molecular weight excluding hydrogens is 218 g/mol. The van der Waals surface area contributed by atoms with E-state index in [0.29, 0.717) is 0 Å². The Morgan fingerprint density at radius 2 is 1.83 bits per heavy atom. The molecule has 0 spiro atoms. The summed E-state index contributed by atoms with van der Waals surface area (Å²) < 4.78 is 0. The highest BCUT2D eigenvalue weighted by Gasteiger charge is 2.36. The van der Waals surface area contributed by atoms with Crippen LogP contribution in [0.25, 0.3) is 0 Å². The largest absolute Gasteiger partial charge is 0.297 e. The molecule has 106 valence electrons. The fraction of sp³-hybridized carbons (Fsp3) is 1.00. The molecule has 0 aromatic heterocycles. The van der Waals surface area contributed by atoms with Gasteiger partial charge in [-0.15, -0.1) is 0 Å². The van der Waals surface area contributed by atoms with Gasteiger partial charge >= 0.3 is 0 Å². The van der Waals surface area contributed by atoms with Gasteiger partial charge in [-0.05, 0) is 44.6 Å². The molecular formula is C17H33N. The molecule has 0 amide bonds. The van der Waals surface area contributed by atoms with E-state index < -0.39 is 0 Å². The first-order valence-electron chi connectivity index (χ1n) is 8.62. The number of piperidine rings is 2. The smallest absolute Gasteiger partial charge is 0.0126 e. The van der Waals surface area contributed by atoms with Gasteiger partial charge in [-0.2, -0.15) is 0 Å². The van der Waals surface area contributed by atoms with Crippen molar-refractivity contribution in [2.45, 2.75) is 96.6 Å². The van der Waals surface area contributed by atoms with E-state index in [1.807, 2.05) is 0 Å². The van der Waals surface area contributed by atoms with Crippen molar-refractivity contribution in [1.29, 1.82) is 0 Å². The highest BCUT2D eigenvalue weighted by Crippen LogP contribution is 2.37. The van der Waals surface area contributed by atoms with Crippen LogP contribution in [0.4, 0.5) is 0 Å². The van der Waals surface area contributed by atoms with Crippen LogP contribution in [-0.4, -0.2) is 23.5 Å². The maximum atomic E-state index is 2.92. The van der Waals surface area contributed by atoms with Gasteiger partial charge in [0.15, 0.2) is 0 Å². The lowest BCUT2D eigenvalue weighted by Crippen LogP contribution is -2.53. The van der Waals surface area contributed by atoms with Crippen molar-refractivity contribution in [2.24, 2.45) is 5.92 Å². The maximum absolute atomic E-state index is 2.92. The average molecular weight is 251 g/mol. The Bertz CT molecular complexity index is 226. The number of fused-ring (bicyclic) bond motifs is 1. The Kier molecular flexibility index (Phi) is 6.01. The molecule has 0 aromatic carbocycles. The quantitative estimate of drug-likeness (QED) is 0.600. The van der Waals surface area contributed by atoms with Gasteiger partial charge < -0.3 is 0 Å². The molecule has 1 heteroatoms. The van der Waals surface area contributed by atoms with Crippen molar-refractivity contribution in [1.82, 2.24) is 4.90 Å². The van der Waals surface area contributed by atoms with Crippen molar-refractivity contribution in [3.05, 3.63) is 0 Å². The van der Waals surface area contributed by atoms with Crippen molar-refractivity contribution in [3.63, 3.8) is 0 Å². The molecule has 0 N–H and O–H groups in total. The van der Waals surface area contributed by atoms with E-state index in [9.17, 15) is 0 Å². The van der Waals surface area contributed by atoms with Crippen molar-refractivity contribution < 1.29 is 0 Å². The van der Waals surface area contributed by atoms with Gasteiger partial charge in [-0.3, -0.25) is 4.90 Å². The Hall–Kier alpha value is -0.0400. The van der Waals surface area contributed by atoms with Crippen molar-refractivity contribution >= 4 is 0 Å². The monoisotopic (exact) mass is 251 g/mol. The molecule has 3 atom stereocenters. The van der Waals surface area contributed by atoms with Crippen molar-refractivity contribution in [3.8, 4) is 0 Å². The number of nitrogens with zero attached hydrogens (tertiary/aromatic N) is 1. The van der Waals surface area contributed by atoms with Gasteiger partial charge in [-0.1, -0.05) is 52.4 Å². The first-order chi connectivity index (χ1) is 8.86. The summed E-state index contributed by atoms with van der Waals surface area (Å²) in [6.07, 6.45) is 16.1. The molecule has 2 rings (SSSR count). The van der Waals surface area contributed by atoms with E-state index in [1.165, 1.54) is 77.2 Å². The third-order valence-corrected chi connectivity index (χ3v) is 5.39. The van der Waals surface area contributed by atoms with Crippen LogP contribution in [0.2, 0.25) is 0 Å². The number of hydrogen-bond acceptors (Lipinski definition) is 1. The number of hydrogen-bond donors (Lipinski definition) is 0. The summed E-state index contributed by atoms with van der Waals surface area (Å²) in [6.45, 7) is 6.12. The van der Waals surface area contributed by atoms with E-state index in [1.54, 1.807) is 0 Å². The van der Waals surface area contributed by atoms with Gasteiger partial charge in [0.25, 0.3) is 0 Å². The standard InChI is InChI=1S/C17H33N/c1-3-5-6-7-10-16-13-12-15(4-2)17-11-8-9-14-18(16)17/h15-17H,3-14H2,1-2H3/t15-,16-,17+/m1/s1. The fourth-order valence-corrected chi connectivity index (χ4v) is 4.30.